The zero-order valence-electron chi connectivity index (χ0n) is 26.6. The average Bonchev–Trinajstić information content (AvgIpc) is 2.99. The summed E-state index contributed by atoms with van der Waals surface area (Å²) in [7, 11) is -4.61. The van der Waals surface area contributed by atoms with Crippen LogP contribution in [-0.4, -0.2) is 8.42 Å². The second kappa shape index (κ2) is 14.2. The first-order valence-electron chi connectivity index (χ1n) is 15.2. The fourth-order valence-corrected chi connectivity index (χ4v) is 7.53. The van der Waals surface area contributed by atoms with Crippen molar-refractivity contribution in [3.05, 3.63) is 135 Å². The molecule has 0 amide bonds. The quantitative estimate of drug-likeness (QED) is 0.166. The smallest absolute Gasteiger partial charge is 0.225 e. The van der Waals surface area contributed by atoms with Crippen molar-refractivity contribution < 1.29 is 47.9 Å². The zero-order valence-corrected chi connectivity index (χ0v) is 27.5. The monoisotopic (exact) mass is 715 g/mol. The molecule has 264 valence electrons. The molecule has 49 heavy (non-hydrogen) atoms. The molecule has 0 bridgehead atoms. The number of benzene rings is 4. The largest absolute Gasteiger partial charge is 0.416 e. The van der Waals surface area contributed by atoms with Gasteiger partial charge in [-0.05, 0) is 88.6 Å². The molecule has 3 unspecified atom stereocenters. The second-order valence-corrected chi connectivity index (χ2v) is 13.9. The molecule has 0 radical (unpaired) electrons. The SMILES string of the molecule is CC(Cc1cc(CC(C)c2ccccc2C(F)(F)F)c(S(N)(=O)=O)c(CC(C)c2ccccc2C(F)(F)F)c1)c1ccccc1C(F)(F)F. The molecule has 2 N–H and O–H groups in total. The normalized spacial score (nSPS) is 14.8. The fourth-order valence-electron chi connectivity index (χ4n) is 6.51. The highest BCUT2D eigenvalue weighted by atomic mass is 32.2. The molecule has 0 heterocycles. The van der Waals surface area contributed by atoms with Crippen molar-refractivity contribution in [2.24, 2.45) is 5.14 Å². The molecule has 4 aromatic carbocycles. The Labute approximate surface area is 279 Å². The first-order chi connectivity index (χ1) is 22.6. The van der Waals surface area contributed by atoms with E-state index in [1.54, 1.807) is 6.92 Å². The molecule has 0 aromatic heterocycles. The Kier molecular flexibility index (Phi) is 11.0. The Morgan fingerprint density at radius 1 is 0.531 bits per heavy atom. The van der Waals surface area contributed by atoms with E-state index in [1.165, 1.54) is 80.6 Å². The molecule has 0 saturated heterocycles. The number of nitrogens with two attached hydrogens (primary N) is 1. The number of hydrogen-bond donors (Lipinski definition) is 1. The summed E-state index contributed by atoms with van der Waals surface area (Å²) >= 11 is 0. The van der Waals surface area contributed by atoms with Crippen LogP contribution in [0.4, 0.5) is 39.5 Å². The van der Waals surface area contributed by atoms with Gasteiger partial charge in [0.05, 0.1) is 21.6 Å². The molecule has 4 rings (SSSR count). The van der Waals surface area contributed by atoms with E-state index in [-0.39, 0.29) is 47.1 Å². The Hall–Kier alpha value is -3.84. The van der Waals surface area contributed by atoms with Crippen LogP contribution in [0.15, 0.2) is 89.8 Å². The molecule has 13 heteroatoms. The standard InChI is InChI=1S/C36H34F9NO2S/c1-21(27-10-4-7-13-30(27)34(37,38)39)16-24-19-25(17-22(2)28-11-5-8-14-31(28)35(40,41)42)33(49(46,47)48)26(20-24)18-23(3)29-12-6-9-15-32(29)36(43,44)45/h4-15,19-23H,16-18H2,1-3H3,(H2,46,47,48). The number of rotatable bonds is 10. The van der Waals surface area contributed by atoms with E-state index in [9.17, 15) is 47.9 Å². The van der Waals surface area contributed by atoms with Gasteiger partial charge in [0, 0.05) is 0 Å². The van der Waals surface area contributed by atoms with E-state index in [4.69, 9.17) is 5.14 Å². The van der Waals surface area contributed by atoms with Crippen molar-refractivity contribution in [1.29, 1.82) is 0 Å². The van der Waals surface area contributed by atoms with E-state index in [0.29, 0.717) is 5.56 Å². The van der Waals surface area contributed by atoms with E-state index in [1.807, 2.05) is 0 Å². The highest BCUT2D eigenvalue weighted by Crippen LogP contribution is 2.41. The Balaban J connectivity index is 1.89. The van der Waals surface area contributed by atoms with Crippen LogP contribution in [0.3, 0.4) is 0 Å². The zero-order chi connectivity index (χ0) is 36.5. The van der Waals surface area contributed by atoms with Gasteiger partial charge in [0.1, 0.15) is 0 Å². The summed E-state index contributed by atoms with van der Waals surface area (Å²) in [6.07, 6.45) is -14.7. The van der Waals surface area contributed by atoms with E-state index in [0.717, 1.165) is 18.2 Å². The molecule has 0 spiro atoms. The molecule has 0 saturated carbocycles. The number of hydrogen-bond acceptors (Lipinski definition) is 2. The molecule has 0 fully saturated rings. The minimum Gasteiger partial charge on any atom is -0.225 e. The van der Waals surface area contributed by atoms with Gasteiger partial charge in [-0.15, -0.1) is 0 Å². The fraction of sp³-hybridized carbons (Fsp3) is 0.333. The Morgan fingerprint density at radius 3 is 1.10 bits per heavy atom. The lowest BCUT2D eigenvalue weighted by atomic mass is 9.84. The van der Waals surface area contributed by atoms with Crippen LogP contribution in [0.5, 0.6) is 0 Å². The first kappa shape index (κ1) is 38.0. The van der Waals surface area contributed by atoms with Crippen molar-refractivity contribution in [2.75, 3.05) is 0 Å². The second-order valence-electron chi connectivity index (χ2n) is 12.4. The lowest BCUT2D eigenvalue weighted by Crippen LogP contribution is -2.21. The minimum absolute atomic E-state index is 0.00657. The van der Waals surface area contributed by atoms with Crippen LogP contribution < -0.4 is 5.14 Å². The van der Waals surface area contributed by atoms with Gasteiger partial charge >= 0.3 is 18.5 Å². The minimum atomic E-state index is -4.72. The van der Waals surface area contributed by atoms with Crippen molar-refractivity contribution >= 4 is 10.0 Å². The summed E-state index contributed by atoms with van der Waals surface area (Å²) in [4.78, 5) is -0.438. The number of primary sulfonamides is 1. The van der Waals surface area contributed by atoms with Crippen LogP contribution in [0.25, 0.3) is 0 Å². The lowest BCUT2D eigenvalue weighted by molar-refractivity contribution is -0.139. The molecule has 0 aliphatic rings. The summed E-state index contributed by atoms with van der Waals surface area (Å²) < 4.78 is 151. The lowest BCUT2D eigenvalue weighted by Gasteiger charge is -2.24. The van der Waals surface area contributed by atoms with Gasteiger partial charge < -0.3 is 0 Å². The Bertz CT molecular complexity index is 1810. The third-order valence-corrected chi connectivity index (χ3v) is 9.67. The van der Waals surface area contributed by atoms with E-state index < -0.39 is 67.9 Å². The van der Waals surface area contributed by atoms with Crippen molar-refractivity contribution in [2.45, 2.75) is 81.2 Å². The molecule has 4 aromatic rings. The first-order valence-corrected chi connectivity index (χ1v) is 16.8. The maximum absolute atomic E-state index is 13.9. The molecular weight excluding hydrogens is 681 g/mol. The van der Waals surface area contributed by atoms with Crippen LogP contribution in [-0.2, 0) is 47.8 Å². The van der Waals surface area contributed by atoms with Crippen LogP contribution in [0, 0.1) is 0 Å². The molecule has 0 aliphatic carbocycles. The van der Waals surface area contributed by atoms with Crippen LogP contribution in [0.2, 0.25) is 0 Å². The van der Waals surface area contributed by atoms with Crippen molar-refractivity contribution in [3.8, 4) is 0 Å². The number of halogens is 9. The summed E-state index contributed by atoms with van der Waals surface area (Å²) in [6.45, 7) is 4.48. The van der Waals surface area contributed by atoms with Gasteiger partial charge in [0.2, 0.25) is 10.0 Å². The molecule has 3 atom stereocenters. The summed E-state index contributed by atoms with van der Waals surface area (Å²) in [5.41, 5.74) is -2.64. The summed E-state index contributed by atoms with van der Waals surface area (Å²) in [6, 6.07) is 17.3. The Morgan fingerprint density at radius 2 is 0.816 bits per heavy atom. The van der Waals surface area contributed by atoms with E-state index >= 15 is 0 Å². The summed E-state index contributed by atoms with van der Waals surface area (Å²) in [5, 5.41) is 5.68. The van der Waals surface area contributed by atoms with Crippen LogP contribution >= 0.6 is 0 Å². The molecule has 3 nitrogen and oxygen atoms in total. The maximum Gasteiger partial charge on any atom is 0.416 e. The molecule has 0 aliphatic heterocycles. The van der Waals surface area contributed by atoms with Crippen molar-refractivity contribution in [1.82, 2.24) is 0 Å². The maximum atomic E-state index is 13.9. The van der Waals surface area contributed by atoms with Gasteiger partial charge in [-0.25, -0.2) is 13.6 Å². The van der Waals surface area contributed by atoms with Gasteiger partial charge in [0.25, 0.3) is 0 Å². The topological polar surface area (TPSA) is 60.2 Å². The number of alkyl halides is 9. The predicted octanol–water partition coefficient (Wildman–Crippen LogP) is 10.4. The van der Waals surface area contributed by atoms with Crippen molar-refractivity contribution in [3.63, 3.8) is 0 Å². The third-order valence-electron chi connectivity index (χ3n) is 8.57. The van der Waals surface area contributed by atoms with Crippen LogP contribution in [0.1, 0.15) is 88.6 Å². The number of sulfonamides is 1. The van der Waals surface area contributed by atoms with Gasteiger partial charge in [0.15, 0.2) is 0 Å². The molecular formula is C36H34F9NO2S. The third kappa shape index (κ3) is 9.04. The summed E-state index contributed by atoms with van der Waals surface area (Å²) in [5.74, 6) is -2.62. The highest BCUT2D eigenvalue weighted by Gasteiger charge is 2.37. The van der Waals surface area contributed by atoms with E-state index in [2.05, 4.69) is 0 Å². The highest BCUT2D eigenvalue weighted by molar-refractivity contribution is 7.89. The van der Waals surface area contributed by atoms with Gasteiger partial charge in [-0.2, -0.15) is 39.5 Å². The van der Waals surface area contributed by atoms with Gasteiger partial charge in [-0.3, -0.25) is 0 Å². The van der Waals surface area contributed by atoms with Gasteiger partial charge in [-0.1, -0.05) is 87.5 Å². The average molecular weight is 716 g/mol. The predicted molar refractivity (Wildman–Crippen MR) is 169 cm³/mol.